The Hall–Kier alpha value is -1.78. The second kappa shape index (κ2) is 11.2. The van der Waals surface area contributed by atoms with Gasteiger partial charge in [-0.2, -0.15) is 0 Å². The standard InChI is InChI=1S/C17H23NO11S2/c19-9-11-13(20)14(21)15(22)17(29-11)30-12(18(24)31(25,26)27)7-4-8-28-16(23)10-5-2-1-3-6-10/h1-3,5-6,11,13-15,17,19-22H,4,7-9H2,(H,25,26,27)/t11-,13-,14-,15-,17-/m1/s1. The summed E-state index contributed by atoms with van der Waals surface area (Å²) in [7, 11) is -5.20. The van der Waals surface area contributed by atoms with E-state index in [1.807, 2.05) is 0 Å². The number of ether oxygens (including phenoxy) is 2. The fourth-order valence-electron chi connectivity index (χ4n) is 2.67. The average molecular weight is 482 g/mol. The van der Waals surface area contributed by atoms with Gasteiger partial charge in [0.15, 0.2) is 0 Å². The van der Waals surface area contributed by atoms with E-state index in [1.54, 1.807) is 18.2 Å². The van der Waals surface area contributed by atoms with Crippen LogP contribution in [0.2, 0.25) is 0 Å². The summed E-state index contributed by atoms with van der Waals surface area (Å²) in [5.74, 6) is -0.627. The normalized spacial score (nSPS) is 27.5. The summed E-state index contributed by atoms with van der Waals surface area (Å²) in [5, 5.41) is 50.4. The predicted octanol–water partition coefficient (Wildman–Crippen LogP) is -1.13. The first-order chi connectivity index (χ1) is 14.6. The molecule has 1 aromatic rings. The third-order valence-electron chi connectivity index (χ3n) is 4.29. The number of esters is 1. The van der Waals surface area contributed by atoms with Crippen LogP contribution in [-0.4, -0.2) is 91.6 Å². The maximum atomic E-state index is 12.0. The molecule has 174 valence electrons. The van der Waals surface area contributed by atoms with Crippen molar-refractivity contribution in [3.63, 3.8) is 0 Å². The lowest BCUT2D eigenvalue weighted by atomic mass is 10.0. The summed E-state index contributed by atoms with van der Waals surface area (Å²) in [6, 6.07) is 8.06. The number of carbonyl (C=O) groups is 1. The van der Waals surface area contributed by atoms with E-state index in [-0.39, 0.29) is 19.4 Å². The molecule has 0 saturated carbocycles. The zero-order chi connectivity index (χ0) is 23.2. The summed E-state index contributed by atoms with van der Waals surface area (Å²) < 4.78 is 41.2. The van der Waals surface area contributed by atoms with Crippen LogP contribution in [-0.2, 0) is 19.8 Å². The molecule has 12 nitrogen and oxygen atoms in total. The van der Waals surface area contributed by atoms with Crippen LogP contribution in [0.1, 0.15) is 23.2 Å². The van der Waals surface area contributed by atoms with Crippen molar-refractivity contribution in [2.24, 2.45) is 0 Å². The maximum Gasteiger partial charge on any atom is 0.518 e. The van der Waals surface area contributed by atoms with Crippen LogP contribution in [0.5, 0.6) is 0 Å². The van der Waals surface area contributed by atoms with Gasteiger partial charge in [-0.3, -0.25) is 0 Å². The number of aliphatic hydroxyl groups is 4. The number of aliphatic hydroxyl groups excluding tert-OH is 4. The Labute approximate surface area is 182 Å². The lowest BCUT2D eigenvalue weighted by Crippen LogP contribution is -2.57. The molecule has 31 heavy (non-hydrogen) atoms. The number of nitrogens with zero attached hydrogens (tertiary/aromatic N) is 1. The van der Waals surface area contributed by atoms with Gasteiger partial charge in [-0.25, -0.2) is 9.35 Å². The van der Waals surface area contributed by atoms with E-state index in [0.29, 0.717) is 17.3 Å². The van der Waals surface area contributed by atoms with Gasteiger partial charge in [0, 0.05) is 6.42 Å². The third-order valence-corrected chi connectivity index (χ3v) is 6.31. The zero-order valence-corrected chi connectivity index (χ0v) is 17.7. The fraction of sp³-hybridized carbons (Fsp3) is 0.529. The first-order valence-corrected chi connectivity index (χ1v) is 11.3. The van der Waals surface area contributed by atoms with Crippen LogP contribution >= 0.6 is 11.8 Å². The molecule has 1 aliphatic heterocycles. The highest BCUT2D eigenvalue weighted by molar-refractivity contribution is 8.14. The van der Waals surface area contributed by atoms with Crippen LogP contribution in [0.3, 0.4) is 0 Å². The molecule has 14 heteroatoms. The molecule has 0 aliphatic carbocycles. The first kappa shape index (κ1) is 25.5. The molecule has 1 fully saturated rings. The van der Waals surface area contributed by atoms with Crippen molar-refractivity contribution in [2.75, 3.05) is 13.2 Å². The highest BCUT2D eigenvalue weighted by Gasteiger charge is 2.45. The molecule has 1 aliphatic rings. The maximum absolute atomic E-state index is 12.0. The molecule has 2 rings (SSSR count). The molecule has 0 aromatic heterocycles. The number of carbonyl (C=O) groups excluding carboxylic acids is 1. The van der Waals surface area contributed by atoms with Gasteiger partial charge in [0.1, 0.15) is 29.9 Å². The smallest absolute Gasteiger partial charge is 0.518 e. The van der Waals surface area contributed by atoms with Gasteiger partial charge >= 0.3 is 16.3 Å². The van der Waals surface area contributed by atoms with Gasteiger partial charge in [0.25, 0.3) is 0 Å². The Morgan fingerprint density at radius 1 is 1.16 bits per heavy atom. The third kappa shape index (κ3) is 6.85. The molecule has 1 saturated heterocycles. The van der Waals surface area contributed by atoms with E-state index in [9.17, 15) is 38.8 Å². The summed E-state index contributed by atoms with van der Waals surface area (Å²) >= 11 is 0.385. The molecule has 0 spiro atoms. The Morgan fingerprint density at radius 3 is 2.39 bits per heavy atom. The summed E-state index contributed by atoms with van der Waals surface area (Å²) in [6.07, 6.45) is -6.69. The van der Waals surface area contributed by atoms with Crippen molar-refractivity contribution in [1.82, 2.24) is 0 Å². The summed E-state index contributed by atoms with van der Waals surface area (Å²) in [5.41, 5.74) is -1.14. The van der Waals surface area contributed by atoms with Gasteiger partial charge < -0.3 is 35.1 Å². The second-order valence-electron chi connectivity index (χ2n) is 6.52. The van der Waals surface area contributed by atoms with Crippen molar-refractivity contribution in [2.45, 2.75) is 42.7 Å². The molecule has 1 heterocycles. The van der Waals surface area contributed by atoms with Gasteiger partial charge in [0.2, 0.25) is 5.04 Å². The van der Waals surface area contributed by atoms with Crippen LogP contribution < -0.4 is 0 Å². The van der Waals surface area contributed by atoms with Crippen molar-refractivity contribution < 1.29 is 51.8 Å². The molecule has 0 bridgehead atoms. The van der Waals surface area contributed by atoms with Crippen molar-refractivity contribution in [3.8, 4) is 0 Å². The molecular formula is C17H23NO11S2. The molecular weight excluding hydrogens is 458 g/mol. The lowest BCUT2D eigenvalue weighted by molar-refractivity contribution is -0.290. The molecule has 0 amide bonds. The lowest BCUT2D eigenvalue weighted by Gasteiger charge is -2.39. The predicted molar refractivity (Wildman–Crippen MR) is 107 cm³/mol. The Bertz CT molecular complexity index is 875. The Balaban J connectivity index is 2.06. The minimum absolute atomic E-state index is 0.0212. The molecule has 0 radical (unpaired) electrons. The molecule has 0 unspecified atom stereocenters. The van der Waals surface area contributed by atoms with Crippen LogP contribution in [0.25, 0.3) is 0 Å². The minimum atomic E-state index is -5.20. The Morgan fingerprint density at radius 2 is 1.81 bits per heavy atom. The quantitative estimate of drug-likeness (QED) is 0.0438. The zero-order valence-electron chi connectivity index (χ0n) is 16.1. The van der Waals surface area contributed by atoms with Gasteiger partial charge in [-0.05, 0) is 30.3 Å². The second-order valence-corrected chi connectivity index (χ2v) is 8.92. The van der Waals surface area contributed by atoms with Crippen molar-refractivity contribution in [3.05, 3.63) is 41.1 Å². The number of hydrogen-bond acceptors (Lipinski definition) is 11. The van der Waals surface area contributed by atoms with Crippen LogP contribution in [0.4, 0.5) is 0 Å². The number of hydrogen-bond donors (Lipinski definition) is 5. The highest BCUT2D eigenvalue weighted by atomic mass is 32.2. The van der Waals surface area contributed by atoms with Crippen molar-refractivity contribution in [1.29, 1.82) is 0 Å². The first-order valence-electron chi connectivity index (χ1n) is 9.06. The fourth-order valence-corrected chi connectivity index (χ4v) is 4.54. The molecule has 5 N–H and O–H groups in total. The summed E-state index contributed by atoms with van der Waals surface area (Å²) in [6.45, 7) is -0.905. The van der Waals surface area contributed by atoms with Gasteiger partial charge in [0.05, 0.1) is 18.8 Å². The van der Waals surface area contributed by atoms with Gasteiger partial charge in [-0.1, -0.05) is 22.3 Å². The van der Waals surface area contributed by atoms with Crippen LogP contribution in [0, 0.1) is 5.21 Å². The summed E-state index contributed by atoms with van der Waals surface area (Å²) in [4.78, 5) is 11.9. The van der Waals surface area contributed by atoms with E-state index < -0.39 is 61.9 Å². The largest absolute Gasteiger partial charge is 0.605 e. The highest BCUT2D eigenvalue weighted by Crippen LogP contribution is 2.30. The number of benzene rings is 1. The SMILES string of the molecule is O=C(OCCCC(S[C@H]1O[C@H](CO)[C@@H](O)[C@@H](O)[C@H]1O)=[N+]([O-])S(=O)(=O)O)c1ccccc1. The monoisotopic (exact) mass is 481 g/mol. The average Bonchev–Trinajstić information content (AvgIpc) is 2.75. The van der Waals surface area contributed by atoms with E-state index in [2.05, 4.69) is 0 Å². The van der Waals surface area contributed by atoms with E-state index in [4.69, 9.17) is 14.0 Å². The molecule has 5 atom stereocenters. The van der Waals surface area contributed by atoms with Gasteiger partial charge in [-0.15, -0.1) is 8.42 Å². The minimum Gasteiger partial charge on any atom is -0.605 e. The van der Waals surface area contributed by atoms with E-state index in [0.717, 1.165) is 0 Å². The van der Waals surface area contributed by atoms with Crippen LogP contribution in [0.15, 0.2) is 30.3 Å². The van der Waals surface area contributed by atoms with E-state index >= 15 is 0 Å². The Kier molecular flexibility index (Phi) is 9.20. The van der Waals surface area contributed by atoms with E-state index in [1.165, 1.54) is 12.1 Å². The van der Waals surface area contributed by atoms with Crippen molar-refractivity contribution >= 4 is 33.1 Å². The number of thioether (sulfide) groups is 1. The number of rotatable bonds is 8. The molecule has 1 aromatic carbocycles. The topological polar surface area (TPSA) is 197 Å².